The standard InChI is InChI=1S/C23H22N2O5S/c1-15(22(26)24-21-11-5-7-16-6-2-3-10-20(16)21)30-23(27)17-8-4-9-19(14-17)31(28,29)25-18-12-13-18/h2-11,14-15,18,25H,12-13H2,1H3,(H,24,26). The van der Waals surface area contributed by atoms with Crippen molar-refractivity contribution in [3.8, 4) is 0 Å². The Morgan fingerprint density at radius 1 is 1.00 bits per heavy atom. The van der Waals surface area contributed by atoms with Gasteiger partial charge in [-0.25, -0.2) is 17.9 Å². The molecule has 3 aromatic carbocycles. The molecule has 0 radical (unpaired) electrons. The molecule has 1 fully saturated rings. The number of ether oxygens (including phenoxy) is 1. The number of hydrogen-bond acceptors (Lipinski definition) is 5. The molecule has 0 bridgehead atoms. The van der Waals surface area contributed by atoms with E-state index in [9.17, 15) is 18.0 Å². The molecule has 0 spiro atoms. The van der Waals surface area contributed by atoms with E-state index in [-0.39, 0.29) is 16.5 Å². The third kappa shape index (κ3) is 4.92. The van der Waals surface area contributed by atoms with Gasteiger partial charge in [-0.05, 0) is 49.4 Å². The minimum Gasteiger partial charge on any atom is -0.449 e. The zero-order valence-electron chi connectivity index (χ0n) is 16.9. The Morgan fingerprint density at radius 3 is 2.48 bits per heavy atom. The Bertz CT molecular complexity index is 1250. The smallest absolute Gasteiger partial charge is 0.338 e. The lowest BCUT2D eigenvalue weighted by atomic mass is 10.1. The van der Waals surface area contributed by atoms with Gasteiger partial charge in [-0.2, -0.15) is 0 Å². The van der Waals surface area contributed by atoms with Crippen molar-refractivity contribution in [1.29, 1.82) is 0 Å². The minimum absolute atomic E-state index is 0.0123. The minimum atomic E-state index is -3.70. The molecule has 1 atom stereocenters. The summed E-state index contributed by atoms with van der Waals surface area (Å²) in [5.74, 6) is -1.26. The molecule has 1 aliphatic carbocycles. The molecule has 0 aromatic heterocycles. The van der Waals surface area contributed by atoms with Gasteiger partial charge in [0, 0.05) is 17.1 Å². The largest absolute Gasteiger partial charge is 0.449 e. The van der Waals surface area contributed by atoms with E-state index in [4.69, 9.17) is 4.74 Å². The number of benzene rings is 3. The second kappa shape index (κ2) is 8.49. The summed E-state index contributed by atoms with van der Waals surface area (Å²) in [5.41, 5.74) is 0.675. The second-order valence-electron chi connectivity index (χ2n) is 7.49. The molecule has 4 rings (SSSR count). The predicted octanol–water partition coefficient (Wildman–Crippen LogP) is 3.46. The Balaban J connectivity index is 1.44. The second-order valence-corrected chi connectivity index (χ2v) is 9.20. The molecule has 1 saturated carbocycles. The maximum Gasteiger partial charge on any atom is 0.338 e. The van der Waals surface area contributed by atoms with Gasteiger partial charge in [0.2, 0.25) is 10.0 Å². The van der Waals surface area contributed by atoms with Crippen LogP contribution in [0.5, 0.6) is 0 Å². The monoisotopic (exact) mass is 438 g/mol. The van der Waals surface area contributed by atoms with E-state index in [2.05, 4.69) is 10.0 Å². The van der Waals surface area contributed by atoms with Crippen molar-refractivity contribution in [2.75, 3.05) is 5.32 Å². The van der Waals surface area contributed by atoms with Gasteiger partial charge in [0.15, 0.2) is 6.10 Å². The van der Waals surface area contributed by atoms with Crippen molar-refractivity contribution in [3.05, 3.63) is 72.3 Å². The molecule has 3 aromatic rings. The summed E-state index contributed by atoms with van der Waals surface area (Å²) in [6, 6.07) is 18.7. The molecule has 0 aliphatic heterocycles. The highest BCUT2D eigenvalue weighted by molar-refractivity contribution is 7.89. The van der Waals surface area contributed by atoms with Gasteiger partial charge < -0.3 is 10.1 Å². The number of anilines is 1. The van der Waals surface area contributed by atoms with Crippen LogP contribution in [0.25, 0.3) is 10.8 Å². The fourth-order valence-corrected chi connectivity index (χ4v) is 4.48. The van der Waals surface area contributed by atoms with Crippen LogP contribution in [0.2, 0.25) is 0 Å². The first-order valence-electron chi connectivity index (χ1n) is 9.95. The summed E-state index contributed by atoms with van der Waals surface area (Å²) < 4.78 is 32.6. The third-order valence-corrected chi connectivity index (χ3v) is 6.50. The van der Waals surface area contributed by atoms with Crippen LogP contribution < -0.4 is 10.0 Å². The molecular weight excluding hydrogens is 416 g/mol. The van der Waals surface area contributed by atoms with Crippen molar-refractivity contribution < 1.29 is 22.7 Å². The maximum absolute atomic E-state index is 12.6. The lowest BCUT2D eigenvalue weighted by molar-refractivity contribution is -0.123. The van der Waals surface area contributed by atoms with Crippen LogP contribution in [0.3, 0.4) is 0 Å². The van der Waals surface area contributed by atoms with Crippen molar-refractivity contribution in [2.24, 2.45) is 0 Å². The fourth-order valence-electron chi connectivity index (χ4n) is 3.13. The Kier molecular flexibility index (Phi) is 5.75. The van der Waals surface area contributed by atoms with Crippen molar-refractivity contribution >= 4 is 38.4 Å². The van der Waals surface area contributed by atoms with Gasteiger partial charge in [-0.3, -0.25) is 4.79 Å². The summed E-state index contributed by atoms with van der Waals surface area (Å²) in [5, 5.41) is 4.63. The quantitative estimate of drug-likeness (QED) is 0.550. The van der Waals surface area contributed by atoms with E-state index in [1.54, 1.807) is 6.07 Å². The van der Waals surface area contributed by atoms with Crippen molar-refractivity contribution in [1.82, 2.24) is 4.72 Å². The third-order valence-electron chi connectivity index (χ3n) is 4.98. The van der Waals surface area contributed by atoms with Crippen LogP contribution >= 0.6 is 0 Å². The lowest BCUT2D eigenvalue weighted by Crippen LogP contribution is -2.30. The maximum atomic E-state index is 12.6. The number of carbonyl (C=O) groups excluding carboxylic acids is 2. The van der Waals surface area contributed by atoms with E-state index in [0.717, 1.165) is 23.6 Å². The average Bonchev–Trinajstić information content (AvgIpc) is 3.57. The molecule has 8 heteroatoms. The predicted molar refractivity (Wildman–Crippen MR) is 117 cm³/mol. The van der Waals surface area contributed by atoms with Crippen LogP contribution in [0.4, 0.5) is 5.69 Å². The Morgan fingerprint density at radius 2 is 1.71 bits per heavy atom. The SMILES string of the molecule is CC(OC(=O)c1cccc(S(=O)(=O)NC2CC2)c1)C(=O)Nc1cccc2ccccc12. The van der Waals surface area contributed by atoms with Gasteiger partial charge >= 0.3 is 5.97 Å². The molecule has 0 saturated heterocycles. The van der Waals surface area contributed by atoms with Crippen LogP contribution in [0.15, 0.2) is 71.6 Å². The number of sulfonamides is 1. The van der Waals surface area contributed by atoms with Gasteiger partial charge in [0.05, 0.1) is 10.5 Å². The van der Waals surface area contributed by atoms with Gasteiger partial charge in [-0.1, -0.05) is 42.5 Å². The molecule has 31 heavy (non-hydrogen) atoms. The Hall–Kier alpha value is -3.23. The first-order valence-corrected chi connectivity index (χ1v) is 11.4. The van der Waals surface area contributed by atoms with Crippen LogP contribution in [-0.2, 0) is 19.6 Å². The van der Waals surface area contributed by atoms with Crippen LogP contribution in [0, 0.1) is 0 Å². The zero-order valence-corrected chi connectivity index (χ0v) is 17.7. The Labute approximate surface area is 180 Å². The van der Waals surface area contributed by atoms with E-state index in [1.807, 2.05) is 36.4 Å². The summed E-state index contributed by atoms with van der Waals surface area (Å²) in [6.45, 7) is 1.47. The summed E-state index contributed by atoms with van der Waals surface area (Å²) in [6.07, 6.45) is 0.547. The van der Waals surface area contributed by atoms with Crippen molar-refractivity contribution in [2.45, 2.75) is 36.8 Å². The van der Waals surface area contributed by atoms with Crippen LogP contribution in [0.1, 0.15) is 30.1 Å². The topological polar surface area (TPSA) is 102 Å². The zero-order chi connectivity index (χ0) is 22.0. The highest BCUT2D eigenvalue weighted by Crippen LogP contribution is 2.24. The van der Waals surface area contributed by atoms with E-state index in [1.165, 1.54) is 31.2 Å². The highest BCUT2D eigenvalue weighted by atomic mass is 32.2. The normalized spacial score (nSPS) is 14.7. The number of carbonyl (C=O) groups is 2. The number of rotatable bonds is 7. The van der Waals surface area contributed by atoms with Crippen molar-refractivity contribution in [3.63, 3.8) is 0 Å². The summed E-state index contributed by atoms with van der Waals surface area (Å²) >= 11 is 0. The first-order chi connectivity index (χ1) is 14.8. The highest BCUT2D eigenvalue weighted by Gasteiger charge is 2.28. The molecular formula is C23H22N2O5S. The summed E-state index contributed by atoms with van der Waals surface area (Å²) in [7, 11) is -3.70. The molecule has 1 amide bonds. The number of esters is 1. The summed E-state index contributed by atoms with van der Waals surface area (Å²) in [4.78, 5) is 25.1. The number of nitrogens with one attached hydrogen (secondary N) is 2. The van der Waals surface area contributed by atoms with E-state index >= 15 is 0 Å². The number of amides is 1. The fraction of sp³-hybridized carbons (Fsp3) is 0.217. The lowest BCUT2D eigenvalue weighted by Gasteiger charge is -2.15. The molecule has 1 aliphatic rings. The van der Waals surface area contributed by atoms with E-state index in [0.29, 0.717) is 5.69 Å². The first kappa shape index (κ1) is 21.0. The molecule has 0 heterocycles. The van der Waals surface area contributed by atoms with Gasteiger partial charge in [-0.15, -0.1) is 0 Å². The molecule has 7 nitrogen and oxygen atoms in total. The molecule has 2 N–H and O–H groups in total. The van der Waals surface area contributed by atoms with E-state index < -0.39 is 28.0 Å². The molecule has 1 unspecified atom stereocenters. The number of hydrogen-bond donors (Lipinski definition) is 2. The van der Waals surface area contributed by atoms with Gasteiger partial charge in [0.25, 0.3) is 5.91 Å². The van der Waals surface area contributed by atoms with Gasteiger partial charge in [0.1, 0.15) is 0 Å². The molecule has 160 valence electrons. The van der Waals surface area contributed by atoms with Crippen LogP contribution in [-0.4, -0.2) is 32.4 Å². The average molecular weight is 439 g/mol. The number of fused-ring (bicyclic) bond motifs is 1.